The molecule has 1 aliphatic heterocycles. The smallest absolute Gasteiger partial charge is 0.338 e. The number of benzene rings is 2. The Balaban J connectivity index is 1.43. The summed E-state index contributed by atoms with van der Waals surface area (Å²) >= 11 is 0. The van der Waals surface area contributed by atoms with Gasteiger partial charge in [0.1, 0.15) is 0 Å². The molecule has 0 aliphatic carbocycles. The molecular weight excluding hydrogens is 384 g/mol. The van der Waals surface area contributed by atoms with Crippen LogP contribution in [0.4, 0.5) is 5.69 Å². The van der Waals surface area contributed by atoms with E-state index in [0.717, 1.165) is 17.7 Å². The van der Waals surface area contributed by atoms with Gasteiger partial charge in [-0.2, -0.15) is 0 Å². The first-order chi connectivity index (χ1) is 14.4. The van der Waals surface area contributed by atoms with E-state index in [1.165, 1.54) is 29.8 Å². The summed E-state index contributed by atoms with van der Waals surface area (Å²) in [4.78, 5) is 48.8. The lowest BCUT2D eigenvalue weighted by atomic mass is 10.1. The van der Waals surface area contributed by atoms with Crippen molar-refractivity contribution in [3.8, 4) is 0 Å². The third-order valence-electron chi connectivity index (χ3n) is 4.86. The average molecular weight is 408 g/mol. The molecular formula is C23H24N2O5. The molecule has 3 amide bonds. The maximum atomic E-state index is 12.2. The fourth-order valence-electron chi connectivity index (χ4n) is 3.24. The number of hydrogen-bond donors (Lipinski definition) is 1. The van der Waals surface area contributed by atoms with Crippen LogP contribution in [0.15, 0.2) is 54.6 Å². The number of ether oxygens (including phenoxy) is 1. The molecule has 156 valence electrons. The molecule has 0 spiro atoms. The van der Waals surface area contributed by atoms with Crippen LogP contribution >= 0.6 is 0 Å². The molecule has 30 heavy (non-hydrogen) atoms. The first-order valence-electron chi connectivity index (χ1n) is 9.90. The number of imide groups is 1. The first kappa shape index (κ1) is 21.2. The minimum absolute atomic E-state index is 0.0498. The van der Waals surface area contributed by atoms with Crippen LogP contribution in [0.5, 0.6) is 0 Å². The van der Waals surface area contributed by atoms with Gasteiger partial charge in [0.2, 0.25) is 11.8 Å². The highest BCUT2D eigenvalue weighted by molar-refractivity contribution is 6.19. The fraction of sp³-hybridized carbons (Fsp3) is 0.304. The van der Waals surface area contributed by atoms with Crippen LogP contribution < -0.4 is 10.2 Å². The number of aryl methyl sites for hydroxylation is 1. The molecule has 1 saturated heterocycles. The normalized spacial score (nSPS) is 14.5. The van der Waals surface area contributed by atoms with Crippen LogP contribution in [-0.4, -0.2) is 36.3 Å². The average Bonchev–Trinajstić information content (AvgIpc) is 3.09. The van der Waals surface area contributed by atoms with Crippen LogP contribution in [0.1, 0.15) is 42.1 Å². The predicted octanol–water partition coefficient (Wildman–Crippen LogP) is 2.63. The van der Waals surface area contributed by atoms with Crippen molar-refractivity contribution < 1.29 is 23.9 Å². The molecule has 1 fully saturated rings. The van der Waals surface area contributed by atoms with Crippen LogP contribution in [0.25, 0.3) is 0 Å². The Kier molecular flexibility index (Phi) is 6.95. The lowest BCUT2D eigenvalue weighted by Crippen LogP contribution is -2.36. The Morgan fingerprint density at radius 1 is 1.00 bits per heavy atom. The maximum absolute atomic E-state index is 12.2. The Morgan fingerprint density at radius 2 is 1.63 bits per heavy atom. The molecule has 1 N–H and O–H groups in total. The molecule has 0 radical (unpaired) electrons. The van der Waals surface area contributed by atoms with Crippen molar-refractivity contribution >= 4 is 29.4 Å². The number of rotatable bonds is 8. The van der Waals surface area contributed by atoms with Crippen molar-refractivity contribution in [3.63, 3.8) is 0 Å². The van der Waals surface area contributed by atoms with Crippen LogP contribution in [0.3, 0.4) is 0 Å². The van der Waals surface area contributed by atoms with Gasteiger partial charge in [-0.05, 0) is 49.6 Å². The van der Waals surface area contributed by atoms with Crippen molar-refractivity contribution in [2.24, 2.45) is 0 Å². The van der Waals surface area contributed by atoms with Gasteiger partial charge in [-0.1, -0.05) is 30.3 Å². The number of carbonyl (C=O) groups is 4. The summed E-state index contributed by atoms with van der Waals surface area (Å²) in [5.41, 5.74) is 1.86. The molecule has 7 heteroatoms. The molecule has 0 saturated carbocycles. The highest BCUT2D eigenvalue weighted by Gasteiger charge is 2.30. The highest BCUT2D eigenvalue weighted by Crippen LogP contribution is 2.22. The quantitative estimate of drug-likeness (QED) is 0.535. The largest absolute Gasteiger partial charge is 0.452 e. The molecule has 1 aliphatic rings. The van der Waals surface area contributed by atoms with Crippen molar-refractivity contribution in [2.75, 3.05) is 11.5 Å². The molecule has 3 rings (SSSR count). The SMILES string of the molecule is C[C@H](CCc1ccccc1)NC(=O)COC(=O)c1ccc(N2C(=O)CCC2=O)cc1. The van der Waals surface area contributed by atoms with Gasteiger partial charge in [-0.25, -0.2) is 4.79 Å². The van der Waals surface area contributed by atoms with Crippen molar-refractivity contribution in [1.29, 1.82) is 0 Å². The van der Waals surface area contributed by atoms with Gasteiger partial charge in [0.05, 0.1) is 11.3 Å². The van der Waals surface area contributed by atoms with Gasteiger partial charge >= 0.3 is 5.97 Å². The minimum atomic E-state index is -0.646. The number of esters is 1. The van der Waals surface area contributed by atoms with Crippen LogP contribution in [0.2, 0.25) is 0 Å². The number of nitrogens with zero attached hydrogens (tertiary/aromatic N) is 1. The maximum Gasteiger partial charge on any atom is 0.338 e. The fourth-order valence-corrected chi connectivity index (χ4v) is 3.24. The third kappa shape index (κ3) is 5.53. The van der Waals surface area contributed by atoms with E-state index >= 15 is 0 Å². The number of anilines is 1. The zero-order chi connectivity index (χ0) is 21.5. The summed E-state index contributed by atoms with van der Waals surface area (Å²) in [5.74, 6) is -1.52. The molecule has 0 unspecified atom stereocenters. The highest BCUT2D eigenvalue weighted by atomic mass is 16.5. The van der Waals surface area contributed by atoms with Gasteiger partial charge in [0.15, 0.2) is 6.61 Å². The molecule has 2 aromatic rings. The monoisotopic (exact) mass is 408 g/mol. The Morgan fingerprint density at radius 3 is 2.27 bits per heavy atom. The third-order valence-corrected chi connectivity index (χ3v) is 4.86. The van der Waals surface area contributed by atoms with Gasteiger partial charge in [0.25, 0.3) is 5.91 Å². The summed E-state index contributed by atoms with van der Waals surface area (Å²) in [5, 5.41) is 2.82. The van der Waals surface area contributed by atoms with Crippen LogP contribution in [0, 0.1) is 0 Å². The lowest BCUT2D eigenvalue weighted by molar-refractivity contribution is -0.125. The molecule has 1 heterocycles. The van der Waals surface area contributed by atoms with Gasteiger partial charge in [0, 0.05) is 18.9 Å². The number of hydrogen-bond acceptors (Lipinski definition) is 5. The molecule has 2 aromatic carbocycles. The van der Waals surface area contributed by atoms with Crippen molar-refractivity contribution in [1.82, 2.24) is 5.32 Å². The number of amides is 3. The van der Waals surface area contributed by atoms with E-state index in [1.807, 2.05) is 37.3 Å². The second-order valence-corrected chi connectivity index (χ2v) is 7.24. The molecule has 7 nitrogen and oxygen atoms in total. The Labute approximate surface area is 175 Å². The number of nitrogens with one attached hydrogen (secondary N) is 1. The lowest BCUT2D eigenvalue weighted by Gasteiger charge is -2.15. The molecule has 1 atom stereocenters. The van der Waals surface area contributed by atoms with Gasteiger partial charge in [-0.3, -0.25) is 19.3 Å². The van der Waals surface area contributed by atoms with Crippen molar-refractivity contribution in [3.05, 3.63) is 65.7 Å². The Hall–Kier alpha value is -3.48. The van der Waals surface area contributed by atoms with E-state index in [0.29, 0.717) is 5.69 Å². The van der Waals surface area contributed by atoms with Crippen LogP contribution in [-0.2, 0) is 25.5 Å². The van der Waals surface area contributed by atoms with Gasteiger partial charge in [-0.15, -0.1) is 0 Å². The summed E-state index contributed by atoms with van der Waals surface area (Å²) < 4.78 is 5.06. The molecule has 0 aromatic heterocycles. The van der Waals surface area contributed by atoms with E-state index in [2.05, 4.69) is 5.32 Å². The zero-order valence-electron chi connectivity index (χ0n) is 16.8. The second-order valence-electron chi connectivity index (χ2n) is 7.24. The van der Waals surface area contributed by atoms with Crippen molar-refractivity contribution in [2.45, 2.75) is 38.6 Å². The van der Waals surface area contributed by atoms with E-state index < -0.39 is 5.97 Å². The molecule has 0 bridgehead atoms. The summed E-state index contributed by atoms with van der Waals surface area (Å²) in [7, 11) is 0. The van der Waals surface area contributed by atoms with E-state index in [9.17, 15) is 19.2 Å². The van der Waals surface area contributed by atoms with E-state index in [-0.39, 0.29) is 48.8 Å². The Bertz CT molecular complexity index is 908. The summed E-state index contributed by atoms with van der Waals surface area (Å²) in [6, 6.07) is 15.9. The topological polar surface area (TPSA) is 92.8 Å². The summed E-state index contributed by atoms with van der Waals surface area (Å²) in [6.45, 7) is 1.53. The minimum Gasteiger partial charge on any atom is -0.452 e. The van der Waals surface area contributed by atoms with E-state index in [1.54, 1.807) is 0 Å². The standard InChI is InChI=1S/C23H24N2O5/c1-16(7-8-17-5-3-2-4-6-17)24-20(26)15-30-23(29)18-9-11-19(12-10-18)25-21(27)13-14-22(25)28/h2-6,9-12,16H,7-8,13-15H2,1H3,(H,24,26)/t16-/m1/s1. The number of carbonyl (C=O) groups excluding carboxylic acids is 4. The predicted molar refractivity (Wildman–Crippen MR) is 111 cm³/mol. The second kappa shape index (κ2) is 9.82. The van der Waals surface area contributed by atoms with E-state index in [4.69, 9.17) is 4.74 Å². The zero-order valence-corrected chi connectivity index (χ0v) is 16.8. The summed E-state index contributed by atoms with van der Waals surface area (Å²) in [6.07, 6.45) is 2.01. The van der Waals surface area contributed by atoms with Gasteiger partial charge < -0.3 is 10.1 Å². The first-order valence-corrected chi connectivity index (χ1v) is 9.90.